The average Bonchev–Trinajstić information content (AvgIpc) is 2.95. The van der Waals surface area contributed by atoms with Crippen LogP contribution in [-0.2, 0) is 4.79 Å². The first-order valence-electron chi connectivity index (χ1n) is 5.98. The fraction of sp³-hybridized carbons (Fsp3) is 0.333. The summed E-state index contributed by atoms with van der Waals surface area (Å²) >= 11 is 0. The normalized spacial score (nSPS) is 22.1. The topological polar surface area (TPSA) is 107 Å². The van der Waals surface area contributed by atoms with Crippen LogP contribution in [0.2, 0.25) is 0 Å². The van der Waals surface area contributed by atoms with E-state index >= 15 is 0 Å². The third kappa shape index (κ3) is 2.03. The zero-order valence-electron chi connectivity index (χ0n) is 10.1. The Morgan fingerprint density at radius 1 is 1.42 bits per heavy atom. The second-order valence-corrected chi connectivity index (χ2v) is 4.63. The van der Waals surface area contributed by atoms with Crippen molar-refractivity contribution in [1.29, 1.82) is 0 Å². The third-order valence-corrected chi connectivity index (χ3v) is 3.33. The minimum atomic E-state index is -0.780. The summed E-state index contributed by atoms with van der Waals surface area (Å²) in [6.45, 7) is 0. The van der Waals surface area contributed by atoms with Crippen molar-refractivity contribution in [2.24, 2.45) is 5.92 Å². The Morgan fingerprint density at radius 3 is 3.05 bits per heavy atom. The van der Waals surface area contributed by atoms with Gasteiger partial charge in [-0.3, -0.25) is 4.79 Å². The maximum Gasteiger partial charge on any atom is 0.303 e. The SMILES string of the molecule is Nc1ncnc2c1ncn2[C@@H]1C=C[C@@H](CC(=O)O)C1. The Hall–Kier alpha value is -2.44. The number of carbonyl (C=O) groups is 1. The van der Waals surface area contributed by atoms with E-state index < -0.39 is 5.97 Å². The quantitative estimate of drug-likeness (QED) is 0.796. The minimum absolute atomic E-state index is 0.0548. The number of carboxylic acid groups (broad SMARTS) is 1. The van der Waals surface area contributed by atoms with E-state index in [9.17, 15) is 4.79 Å². The molecular formula is C12H13N5O2. The van der Waals surface area contributed by atoms with Gasteiger partial charge >= 0.3 is 5.97 Å². The van der Waals surface area contributed by atoms with Gasteiger partial charge in [0.25, 0.3) is 0 Å². The minimum Gasteiger partial charge on any atom is -0.481 e. The highest BCUT2D eigenvalue weighted by atomic mass is 16.4. The van der Waals surface area contributed by atoms with Crippen LogP contribution in [0.3, 0.4) is 0 Å². The van der Waals surface area contributed by atoms with E-state index in [2.05, 4.69) is 15.0 Å². The molecule has 0 radical (unpaired) electrons. The fourth-order valence-corrected chi connectivity index (χ4v) is 2.45. The molecule has 0 saturated carbocycles. The van der Waals surface area contributed by atoms with Crippen LogP contribution in [0, 0.1) is 5.92 Å². The lowest BCUT2D eigenvalue weighted by Gasteiger charge is -2.12. The molecule has 7 heteroatoms. The number of aliphatic carboxylic acids is 1. The first-order valence-corrected chi connectivity index (χ1v) is 5.98. The lowest BCUT2D eigenvalue weighted by Crippen LogP contribution is -2.08. The number of anilines is 1. The number of fused-ring (bicyclic) bond motifs is 1. The highest BCUT2D eigenvalue weighted by Crippen LogP contribution is 2.32. The smallest absolute Gasteiger partial charge is 0.303 e. The van der Waals surface area contributed by atoms with Crippen LogP contribution in [0.4, 0.5) is 5.82 Å². The summed E-state index contributed by atoms with van der Waals surface area (Å²) in [5, 5.41) is 8.81. The van der Waals surface area contributed by atoms with Crippen LogP contribution in [0.25, 0.3) is 11.2 Å². The Bertz CT molecular complexity index is 663. The molecule has 1 aliphatic carbocycles. The Labute approximate surface area is 108 Å². The number of allylic oxidation sites excluding steroid dienone is 2. The molecule has 0 bridgehead atoms. The molecule has 3 N–H and O–H groups in total. The van der Waals surface area contributed by atoms with E-state index in [1.807, 2.05) is 16.7 Å². The predicted octanol–water partition coefficient (Wildman–Crippen LogP) is 1.00. The number of nitrogens with two attached hydrogens (primary N) is 1. The Balaban J connectivity index is 1.89. The van der Waals surface area contributed by atoms with Crippen molar-refractivity contribution in [3.8, 4) is 0 Å². The molecular weight excluding hydrogens is 246 g/mol. The zero-order chi connectivity index (χ0) is 13.4. The fourth-order valence-electron chi connectivity index (χ4n) is 2.45. The number of nitrogen functional groups attached to an aromatic ring is 1. The molecule has 0 spiro atoms. The van der Waals surface area contributed by atoms with Crippen LogP contribution in [0.15, 0.2) is 24.8 Å². The monoisotopic (exact) mass is 259 g/mol. The standard InChI is InChI=1S/C12H13N5O2/c13-11-10-12(15-5-14-11)17(6-16-10)8-2-1-7(3-8)4-9(18)19/h1-2,5-8H,3-4H2,(H,18,19)(H2,13,14,15)/t7-,8-/m1/s1. The van der Waals surface area contributed by atoms with Gasteiger partial charge in [0.15, 0.2) is 11.5 Å². The largest absolute Gasteiger partial charge is 0.481 e. The summed E-state index contributed by atoms with van der Waals surface area (Å²) in [6.07, 6.45) is 7.90. The number of imidazole rings is 1. The van der Waals surface area contributed by atoms with Crippen LogP contribution in [0.5, 0.6) is 0 Å². The summed E-state index contributed by atoms with van der Waals surface area (Å²) in [5.41, 5.74) is 7.00. The number of rotatable bonds is 3. The van der Waals surface area contributed by atoms with Crippen molar-refractivity contribution in [1.82, 2.24) is 19.5 Å². The van der Waals surface area contributed by atoms with Crippen LogP contribution >= 0.6 is 0 Å². The van der Waals surface area contributed by atoms with Gasteiger partial charge < -0.3 is 15.4 Å². The van der Waals surface area contributed by atoms with E-state index in [0.29, 0.717) is 17.0 Å². The zero-order valence-corrected chi connectivity index (χ0v) is 10.1. The molecule has 2 aromatic heterocycles. The molecule has 7 nitrogen and oxygen atoms in total. The maximum atomic E-state index is 10.7. The first kappa shape index (κ1) is 11.6. The van der Waals surface area contributed by atoms with Crippen molar-refractivity contribution in [2.45, 2.75) is 18.9 Å². The summed E-state index contributed by atoms with van der Waals surface area (Å²) < 4.78 is 1.91. The third-order valence-electron chi connectivity index (χ3n) is 3.33. The second-order valence-electron chi connectivity index (χ2n) is 4.63. The van der Waals surface area contributed by atoms with E-state index in [0.717, 1.165) is 6.42 Å². The van der Waals surface area contributed by atoms with Crippen LogP contribution < -0.4 is 5.73 Å². The molecule has 0 aromatic carbocycles. The van der Waals surface area contributed by atoms with E-state index in [-0.39, 0.29) is 18.4 Å². The molecule has 98 valence electrons. The molecule has 0 aliphatic heterocycles. The molecule has 0 amide bonds. The number of carboxylic acids is 1. The van der Waals surface area contributed by atoms with Gasteiger partial charge in [-0.25, -0.2) is 15.0 Å². The van der Waals surface area contributed by atoms with Crippen LogP contribution in [-0.4, -0.2) is 30.6 Å². The van der Waals surface area contributed by atoms with Crippen LogP contribution in [0.1, 0.15) is 18.9 Å². The molecule has 19 heavy (non-hydrogen) atoms. The van der Waals surface area contributed by atoms with Gasteiger partial charge in [-0.1, -0.05) is 12.2 Å². The van der Waals surface area contributed by atoms with Crippen molar-refractivity contribution >= 4 is 23.0 Å². The predicted molar refractivity (Wildman–Crippen MR) is 68.3 cm³/mol. The molecule has 2 heterocycles. The molecule has 0 fully saturated rings. The summed E-state index contributed by atoms with van der Waals surface area (Å²) in [7, 11) is 0. The number of aromatic nitrogens is 4. The van der Waals surface area contributed by atoms with E-state index in [4.69, 9.17) is 10.8 Å². The van der Waals surface area contributed by atoms with Crippen molar-refractivity contribution in [3.63, 3.8) is 0 Å². The molecule has 2 aromatic rings. The highest BCUT2D eigenvalue weighted by Gasteiger charge is 2.24. The molecule has 0 saturated heterocycles. The van der Waals surface area contributed by atoms with Crippen molar-refractivity contribution < 1.29 is 9.90 Å². The van der Waals surface area contributed by atoms with E-state index in [1.165, 1.54) is 6.33 Å². The van der Waals surface area contributed by atoms with Gasteiger partial charge in [0.05, 0.1) is 18.8 Å². The molecule has 0 unspecified atom stereocenters. The van der Waals surface area contributed by atoms with Gasteiger partial charge in [0.2, 0.25) is 0 Å². The Kier molecular flexibility index (Phi) is 2.66. The molecule has 3 rings (SSSR count). The Morgan fingerprint density at radius 2 is 2.26 bits per heavy atom. The van der Waals surface area contributed by atoms with Gasteiger partial charge in [0, 0.05) is 0 Å². The van der Waals surface area contributed by atoms with E-state index in [1.54, 1.807) is 6.33 Å². The number of hydrogen-bond donors (Lipinski definition) is 2. The lowest BCUT2D eigenvalue weighted by molar-refractivity contribution is -0.137. The molecule has 1 aliphatic rings. The van der Waals surface area contributed by atoms with Gasteiger partial charge in [-0.2, -0.15) is 0 Å². The number of nitrogens with zero attached hydrogens (tertiary/aromatic N) is 4. The van der Waals surface area contributed by atoms with Gasteiger partial charge in [0.1, 0.15) is 11.8 Å². The summed E-state index contributed by atoms with van der Waals surface area (Å²) in [6, 6.07) is 0.0728. The maximum absolute atomic E-state index is 10.7. The summed E-state index contributed by atoms with van der Waals surface area (Å²) in [4.78, 5) is 23.0. The molecule has 2 atom stereocenters. The first-order chi connectivity index (χ1) is 9.15. The number of hydrogen-bond acceptors (Lipinski definition) is 5. The second kappa shape index (κ2) is 4.34. The lowest BCUT2D eigenvalue weighted by atomic mass is 10.0. The van der Waals surface area contributed by atoms with Crippen molar-refractivity contribution in [2.75, 3.05) is 5.73 Å². The average molecular weight is 259 g/mol. The highest BCUT2D eigenvalue weighted by molar-refractivity contribution is 5.81. The van der Waals surface area contributed by atoms with Crippen molar-refractivity contribution in [3.05, 3.63) is 24.8 Å². The summed E-state index contributed by atoms with van der Waals surface area (Å²) in [5.74, 6) is -0.371. The van der Waals surface area contributed by atoms with Gasteiger partial charge in [-0.15, -0.1) is 0 Å². The van der Waals surface area contributed by atoms with Gasteiger partial charge in [-0.05, 0) is 12.3 Å².